The molecule has 0 aromatic heterocycles. The van der Waals surface area contributed by atoms with Gasteiger partial charge in [0.2, 0.25) is 5.91 Å². The molecule has 2 aliphatic carbocycles. The van der Waals surface area contributed by atoms with Gasteiger partial charge in [-0.3, -0.25) is 14.4 Å². The Hall–Kier alpha value is -1.89. The Labute approximate surface area is 178 Å². The summed E-state index contributed by atoms with van der Waals surface area (Å²) in [6, 6.07) is 0.368. The van der Waals surface area contributed by atoms with Crippen LogP contribution in [0.25, 0.3) is 0 Å². The molecule has 3 fully saturated rings. The number of hydrogen-bond acceptors (Lipinski definition) is 6. The molecule has 0 spiro atoms. The molecule has 0 bridgehead atoms. The SMILES string of the molecule is O=C(NC1CCCCCC1)C1CCC(CNc2c(N3CCOCC3)c(=O)c2=O)CC1. The second-order valence-electron chi connectivity index (χ2n) is 9.28. The predicted molar refractivity (Wildman–Crippen MR) is 118 cm³/mol. The van der Waals surface area contributed by atoms with Crippen LogP contribution in [-0.2, 0) is 9.53 Å². The van der Waals surface area contributed by atoms with Gasteiger partial charge in [-0.2, -0.15) is 0 Å². The first-order chi connectivity index (χ1) is 14.6. The third kappa shape index (κ3) is 4.88. The van der Waals surface area contributed by atoms with E-state index >= 15 is 0 Å². The van der Waals surface area contributed by atoms with Gasteiger partial charge >= 0.3 is 0 Å². The Bertz CT molecular complexity index is 779. The highest BCUT2D eigenvalue weighted by molar-refractivity contribution is 5.79. The molecule has 1 aromatic rings. The molecule has 3 aliphatic rings. The van der Waals surface area contributed by atoms with Crippen molar-refractivity contribution in [3.8, 4) is 0 Å². The molecule has 0 radical (unpaired) electrons. The molecule has 4 rings (SSSR count). The smallest absolute Gasteiger partial charge is 0.253 e. The molecule has 0 atom stereocenters. The van der Waals surface area contributed by atoms with Crippen molar-refractivity contribution < 1.29 is 9.53 Å². The summed E-state index contributed by atoms with van der Waals surface area (Å²) in [6.45, 7) is 3.18. The van der Waals surface area contributed by atoms with Gasteiger partial charge in [-0.15, -0.1) is 0 Å². The Kier molecular flexibility index (Phi) is 7.08. The number of nitrogens with one attached hydrogen (secondary N) is 2. The summed E-state index contributed by atoms with van der Waals surface area (Å²) in [4.78, 5) is 38.7. The fourth-order valence-corrected chi connectivity index (χ4v) is 5.25. The Morgan fingerprint density at radius 3 is 2.23 bits per heavy atom. The van der Waals surface area contributed by atoms with Crippen LogP contribution in [0.3, 0.4) is 0 Å². The number of carbonyl (C=O) groups is 1. The minimum Gasteiger partial charge on any atom is -0.380 e. The van der Waals surface area contributed by atoms with E-state index in [1.807, 2.05) is 4.90 Å². The van der Waals surface area contributed by atoms with E-state index in [1.165, 1.54) is 25.7 Å². The van der Waals surface area contributed by atoms with Crippen LogP contribution in [0.1, 0.15) is 64.2 Å². The molecule has 1 saturated heterocycles. The van der Waals surface area contributed by atoms with Gasteiger partial charge in [0, 0.05) is 31.6 Å². The quantitative estimate of drug-likeness (QED) is 0.545. The zero-order chi connectivity index (χ0) is 20.9. The number of amides is 1. The van der Waals surface area contributed by atoms with E-state index in [9.17, 15) is 14.4 Å². The maximum absolute atomic E-state index is 12.7. The third-order valence-corrected chi connectivity index (χ3v) is 7.20. The van der Waals surface area contributed by atoms with E-state index in [2.05, 4.69) is 10.6 Å². The molecule has 2 saturated carbocycles. The van der Waals surface area contributed by atoms with Gasteiger partial charge in [0.25, 0.3) is 10.9 Å². The molecule has 7 nitrogen and oxygen atoms in total. The van der Waals surface area contributed by atoms with E-state index in [1.54, 1.807) is 0 Å². The first kappa shape index (κ1) is 21.3. The van der Waals surface area contributed by atoms with Crippen LogP contribution in [0, 0.1) is 11.8 Å². The lowest BCUT2D eigenvalue weighted by Gasteiger charge is -2.32. The Balaban J connectivity index is 1.23. The molecule has 1 amide bonds. The van der Waals surface area contributed by atoms with Gasteiger partial charge in [0.1, 0.15) is 11.4 Å². The molecule has 2 N–H and O–H groups in total. The van der Waals surface area contributed by atoms with Gasteiger partial charge in [-0.1, -0.05) is 25.7 Å². The average molecular weight is 418 g/mol. The molecule has 1 heterocycles. The number of hydrogen-bond donors (Lipinski definition) is 2. The molecule has 0 unspecified atom stereocenters. The summed E-state index contributed by atoms with van der Waals surface area (Å²) in [6.07, 6.45) is 11.1. The lowest BCUT2D eigenvalue weighted by Crippen LogP contribution is -2.47. The van der Waals surface area contributed by atoms with Gasteiger partial charge in [-0.25, -0.2) is 0 Å². The third-order valence-electron chi connectivity index (χ3n) is 7.20. The number of rotatable bonds is 6. The van der Waals surface area contributed by atoms with Crippen molar-refractivity contribution in [2.45, 2.75) is 70.3 Å². The van der Waals surface area contributed by atoms with Crippen LogP contribution in [-0.4, -0.2) is 44.8 Å². The second kappa shape index (κ2) is 9.94. The van der Waals surface area contributed by atoms with E-state index in [-0.39, 0.29) is 17.3 Å². The van der Waals surface area contributed by atoms with Crippen molar-refractivity contribution in [3.63, 3.8) is 0 Å². The molecular weight excluding hydrogens is 382 g/mol. The Morgan fingerprint density at radius 1 is 0.900 bits per heavy atom. The van der Waals surface area contributed by atoms with Crippen molar-refractivity contribution in [3.05, 3.63) is 20.4 Å². The van der Waals surface area contributed by atoms with Crippen LogP contribution < -0.4 is 26.4 Å². The fraction of sp³-hybridized carbons (Fsp3) is 0.783. The van der Waals surface area contributed by atoms with Gasteiger partial charge in [0.05, 0.1) is 13.2 Å². The Morgan fingerprint density at radius 2 is 1.57 bits per heavy atom. The lowest BCUT2D eigenvalue weighted by molar-refractivity contribution is -0.127. The summed E-state index contributed by atoms with van der Waals surface area (Å²) < 4.78 is 5.34. The van der Waals surface area contributed by atoms with E-state index < -0.39 is 5.43 Å². The van der Waals surface area contributed by atoms with E-state index in [4.69, 9.17) is 4.74 Å². The van der Waals surface area contributed by atoms with E-state index in [0.717, 1.165) is 38.5 Å². The maximum atomic E-state index is 12.7. The largest absolute Gasteiger partial charge is 0.380 e. The van der Waals surface area contributed by atoms with Crippen molar-refractivity contribution in [1.29, 1.82) is 0 Å². The minimum absolute atomic E-state index is 0.125. The van der Waals surface area contributed by atoms with Crippen LogP contribution in [0.2, 0.25) is 0 Å². The highest BCUT2D eigenvalue weighted by Crippen LogP contribution is 2.30. The number of anilines is 2. The monoisotopic (exact) mass is 417 g/mol. The molecule has 30 heavy (non-hydrogen) atoms. The highest BCUT2D eigenvalue weighted by Gasteiger charge is 2.30. The summed E-state index contributed by atoms with van der Waals surface area (Å²) in [7, 11) is 0. The van der Waals surface area contributed by atoms with Crippen molar-refractivity contribution in [1.82, 2.24) is 5.32 Å². The number of nitrogens with zero attached hydrogens (tertiary/aromatic N) is 1. The van der Waals surface area contributed by atoms with Crippen molar-refractivity contribution >= 4 is 17.3 Å². The average Bonchev–Trinajstić information content (AvgIpc) is 3.05. The molecule has 1 aliphatic heterocycles. The predicted octanol–water partition coefficient (Wildman–Crippen LogP) is 2.18. The normalized spacial score (nSPS) is 26.3. The fourth-order valence-electron chi connectivity index (χ4n) is 5.25. The molecule has 7 heteroatoms. The molecule has 1 aromatic carbocycles. The number of carbonyl (C=O) groups excluding carboxylic acids is 1. The number of ether oxygens (including phenoxy) is 1. The topological polar surface area (TPSA) is 87.7 Å². The summed E-state index contributed by atoms with van der Waals surface area (Å²) in [5, 5.41) is 6.56. The first-order valence-electron chi connectivity index (χ1n) is 11.8. The van der Waals surface area contributed by atoms with Crippen LogP contribution in [0.4, 0.5) is 11.4 Å². The molecule has 166 valence electrons. The summed E-state index contributed by atoms with van der Waals surface area (Å²) in [5.41, 5.74) is 0.251. The molecular formula is C23H35N3O4. The summed E-state index contributed by atoms with van der Waals surface area (Å²) >= 11 is 0. The van der Waals surface area contributed by atoms with E-state index in [0.29, 0.717) is 56.2 Å². The lowest BCUT2D eigenvalue weighted by atomic mass is 9.81. The van der Waals surface area contributed by atoms with Crippen molar-refractivity contribution in [2.24, 2.45) is 11.8 Å². The minimum atomic E-state index is -0.395. The van der Waals surface area contributed by atoms with Crippen molar-refractivity contribution in [2.75, 3.05) is 43.1 Å². The second-order valence-corrected chi connectivity index (χ2v) is 9.28. The zero-order valence-electron chi connectivity index (χ0n) is 17.9. The van der Waals surface area contributed by atoms with Gasteiger partial charge in [0.15, 0.2) is 0 Å². The van der Waals surface area contributed by atoms with Gasteiger partial charge < -0.3 is 20.3 Å². The summed E-state index contributed by atoms with van der Waals surface area (Å²) in [5.74, 6) is 0.804. The van der Waals surface area contributed by atoms with Crippen LogP contribution in [0.5, 0.6) is 0 Å². The number of morpholine rings is 1. The first-order valence-corrected chi connectivity index (χ1v) is 11.8. The highest BCUT2D eigenvalue weighted by atomic mass is 16.5. The van der Waals surface area contributed by atoms with Crippen LogP contribution >= 0.6 is 0 Å². The van der Waals surface area contributed by atoms with Crippen LogP contribution in [0.15, 0.2) is 9.59 Å². The zero-order valence-corrected chi connectivity index (χ0v) is 17.9. The van der Waals surface area contributed by atoms with Gasteiger partial charge in [-0.05, 0) is 44.4 Å². The standard InChI is InChI=1S/C23H35N3O4/c27-21-19(20(22(21)28)26-11-13-30-14-12-26)24-15-16-7-9-17(10-8-16)23(29)25-18-5-3-1-2-4-6-18/h16-18,24H,1-15H2,(H,25,29). The maximum Gasteiger partial charge on any atom is 0.253 e.